The number of nitrogens with one attached hydrogen (secondary N) is 1. The van der Waals surface area contributed by atoms with Gasteiger partial charge >= 0.3 is 0 Å². The Morgan fingerprint density at radius 2 is 1.78 bits per heavy atom. The highest BCUT2D eigenvalue weighted by atomic mass is 15.2. The summed E-state index contributed by atoms with van der Waals surface area (Å²) in [6.07, 6.45) is 13.2. The first-order valence-electron chi connectivity index (χ1n) is 8.28. The maximum atomic E-state index is 3.91. The van der Waals surface area contributed by atoms with E-state index in [0.29, 0.717) is 0 Å². The Hall–Kier alpha value is -0.0800. The normalized spacial score (nSPS) is 33.5. The Labute approximate surface area is 113 Å². The quantitative estimate of drug-likeness (QED) is 0.824. The van der Waals surface area contributed by atoms with Crippen molar-refractivity contribution in [1.29, 1.82) is 0 Å². The van der Waals surface area contributed by atoms with E-state index in [2.05, 4.69) is 17.1 Å². The second-order valence-electron chi connectivity index (χ2n) is 7.01. The molecule has 1 heterocycles. The van der Waals surface area contributed by atoms with Crippen LogP contribution in [0, 0.1) is 5.41 Å². The second kappa shape index (κ2) is 5.50. The van der Waals surface area contributed by atoms with Crippen LogP contribution in [0.2, 0.25) is 0 Å². The third kappa shape index (κ3) is 2.46. The fraction of sp³-hybridized carbons (Fsp3) is 1.00. The zero-order valence-electron chi connectivity index (χ0n) is 12.1. The van der Waals surface area contributed by atoms with Crippen molar-refractivity contribution in [1.82, 2.24) is 10.2 Å². The fourth-order valence-electron chi connectivity index (χ4n) is 4.49. The zero-order chi connectivity index (χ0) is 12.4. The molecule has 0 radical (unpaired) electrons. The van der Waals surface area contributed by atoms with E-state index in [4.69, 9.17) is 0 Å². The van der Waals surface area contributed by atoms with Gasteiger partial charge in [0.05, 0.1) is 0 Å². The molecule has 3 fully saturated rings. The minimum absolute atomic E-state index is 0.725. The van der Waals surface area contributed by atoms with Crippen LogP contribution in [0.1, 0.15) is 64.7 Å². The second-order valence-corrected chi connectivity index (χ2v) is 7.01. The number of rotatable bonds is 4. The standard InChI is InChI=1S/C16H30N2/c1-14(18-11-5-6-12-18)13-17-15-7-10-16(15)8-3-2-4-9-16/h14-15,17H,2-13H2,1H3. The molecule has 0 aromatic rings. The maximum Gasteiger partial charge on any atom is 0.0192 e. The van der Waals surface area contributed by atoms with Gasteiger partial charge in [0.2, 0.25) is 0 Å². The minimum Gasteiger partial charge on any atom is -0.312 e. The molecular formula is C16H30N2. The molecule has 18 heavy (non-hydrogen) atoms. The first-order chi connectivity index (χ1) is 8.80. The summed E-state index contributed by atoms with van der Waals surface area (Å²) in [7, 11) is 0. The first kappa shape index (κ1) is 12.9. The van der Waals surface area contributed by atoms with Crippen molar-refractivity contribution in [2.24, 2.45) is 5.41 Å². The maximum absolute atomic E-state index is 3.91. The fourth-order valence-corrected chi connectivity index (χ4v) is 4.49. The average molecular weight is 250 g/mol. The van der Waals surface area contributed by atoms with Gasteiger partial charge in [-0.15, -0.1) is 0 Å². The summed E-state index contributed by atoms with van der Waals surface area (Å²) in [4.78, 5) is 2.67. The van der Waals surface area contributed by atoms with E-state index in [1.165, 1.54) is 77.4 Å². The SMILES string of the molecule is CC(CNC1CCC12CCCCC2)N1CCCC1. The number of likely N-dealkylation sites (tertiary alicyclic amines) is 1. The summed E-state index contributed by atoms with van der Waals surface area (Å²) >= 11 is 0. The van der Waals surface area contributed by atoms with Crippen LogP contribution in [0.15, 0.2) is 0 Å². The van der Waals surface area contributed by atoms with Gasteiger partial charge in [-0.1, -0.05) is 19.3 Å². The largest absolute Gasteiger partial charge is 0.312 e. The molecule has 0 amide bonds. The lowest BCUT2D eigenvalue weighted by Gasteiger charge is -2.53. The van der Waals surface area contributed by atoms with Gasteiger partial charge in [-0.3, -0.25) is 4.90 Å². The zero-order valence-corrected chi connectivity index (χ0v) is 12.1. The smallest absolute Gasteiger partial charge is 0.0192 e. The highest BCUT2D eigenvalue weighted by molar-refractivity contribution is 5.01. The third-order valence-electron chi connectivity index (χ3n) is 5.94. The monoisotopic (exact) mass is 250 g/mol. The molecule has 3 rings (SSSR count). The van der Waals surface area contributed by atoms with E-state index in [9.17, 15) is 0 Å². The van der Waals surface area contributed by atoms with Crippen molar-refractivity contribution in [2.75, 3.05) is 19.6 Å². The molecule has 0 bridgehead atoms. The molecular weight excluding hydrogens is 220 g/mol. The van der Waals surface area contributed by atoms with Gasteiger partial charge in [-0.25, -0.2) is 0 Å². The summed E-state index contributed by atoms with van der Waals surface area (Å²) in [5, 5.41) is 3.91. The highest BCUT2D eigenvalue weighted by Gasteiger charge is 2.46. The lowest BCUT2D eigenvalue weighted by Crippen LogP contribution is -2.56. The van der Waals surface area contributed by atoms with Crippen molar-refractivity contribution in [3.05, 3.63) is 0 Å². The Kier molecular flexibility index (Phi) is 3.95. The third-order valence-corrected chi connectivity index (χ3v) is 5.94. The van der Waals surface area contributed by atoms with E-state index < -0.39 is 0 Å². The van der Waals surface area contributed by atoms with Gasteiger partial charge in [-0.2, -0.15) is 0 Å². The highest BCUT2D eigenvalue weighted by Crippen LogP contribution is 2.51. The van der Waals surface area contributed by atoms with Crippen LogP contribution < -0.4 is 5.32 Å². The van der Waals surface area contributed by atoms with Gasteiger partial charge in [0.1, 0.15) is 0 Å². The van der Waals surface area contributed by atoms with E-state index in [1.807, 2.05) is 0 Å². The Bertz CT molecular complexity index is 264. The summed E-state index contributed by atoms with van der Waals surface area (Å²) in [6.45, 7) is 6.29. The molecule has 104 valence electrons. The molecule has 2 unspecified atom stereocenters. The van der Waals surface area contributed by atoms with Gasteiger partial charge in [-0.05, 0) is 64.0 Å². The van der Waals surface area contributed by atoms with E-state index in [-0.39, 0.29) is 0 Å². The number of hydrogen-bond acceptors (Lipinski definition) is 2. The number of nitrogens with zero attached hydrogens (tertiary/aromatic N) is 1. The molecule has 0 aromatic heterocycles. The molecule has 1 spiro atoms. The van der Waals surface area contributed by atoms with Crippen LogP contribution in [0.25, 0.3) is 0 Å². The topological polar surface area (TPSA) is 15.3 Å². The van der Waals surface area contributed by atoms with Crippen LogP contribution in [0.3, 0.4) is 0 Å². The van der Waals surface area contributed by atoms with Crippen LogP contribution in [-0.2, 0) is 0 Å². The van der Waals surface area contributed by atoms with Gasteiger partial charge in [0, 0.05) is 18.6 Å². The molecule has 2 atom stereocenters. The average Bonchev–Trinajstić information content (AvgIpc) is 2.92. The molecule has 1 N–H and O–H groups in total. The van der Waals surface area contributed by atoms with Crippen LogP contribution >= 0.6 is 0 Å². The van der Waals surface area contributed by atoms with Crippen LogP contribution in [-0.4, -0.2) is 36.6 Å². The Morgan fingerprint density at radius 3 is 2.39 bits per heavy atom. The van der Waals surface area contributed by atoms with Crippen molar-refractivity contribution in [3.8, 4) is 0 Å². The minimum atomic E-state index is 0.725. The van der Waals surface area contributed by atoms with Crippen LogP contribution in [0.5, 0.6) is 0 Å². The molecule has 0 aromatic carbocycles. The number of hydrogen-bond donors (Lipinski definition) is 1. The molecule has 2 nitrogen and oxygen atoms in total. The van der Waals surface area contributed by atoms with Gasteiger partial charge in [0.15, 0.2) is 0 Å². The van der Waals surface area contributed by atoms with Gasteiger partial charge < -0.3 is 5.32 Å². The molecule has 2 heteroatoms. The van der Waals surface area contributed by atoms with Crippen molar-refractivity contribution < 1.29 is 0 Å². The Morgan fingerprint density at radius 1 is 1.06 bits per heavy atom. The lowest BCUT2D eigenvalue weighted by molar-refractivity contribution is 0.0198. The van der Waals surface area contributed by atoms with Crippen molar-refractivity contribution in [3.63, 3.8) is 0 Å². The Balaban J connectivity index is 1.45. The van der Waals surface area contributed by atoms with Crippen LogP contribution in [0.4, 0.5) is 0 Å². The summed E-state index contributed by atoms with van der Waals surface area (Å²) in [5.74, 6) is 0. The molecule has 3 aliphatic rings. The first-order valence-corrected chi connectivity index (χ1v) is 8.28. The van der Waals surface area contributed by atoms with Gasteiger partial charge in [0.25, 0.3) is 0 Å². The molecule has 1 aliphatic heterocycles. The lowest BCUT2D eigenvalue weighted by atomic mass is 9.57. The summed E-state index contributed by atoms with van der Waals surface area (Å²) in [6, 6.07) is 1.59. The van der Waals surface area contributed by atoms with E-state index in [1.54, 1.807) is 0 Å². The molecule has 2 saturated carbocycles. The predicted molar refractivity (Wildman–Crippen MR) is 76.8 cm³/mol. The summed E-state index contributed by atoms with van der Waals surface area (Å²) in [5.41, 5.74) is 0.725. The van der Waals surface area contributed by atoms with Crippen molar-refractivity contribution >= 4 is 0 Å². The van der Waals surface area contributed by atoms with E-state index >= 15 is 0 Å². The van der Waals surface area contributed by atoms with Crippen molar-refractivity contribution in [2.45, 2.75) is 76.8 Å². The molecule has 2 aliphatic carbocycles. The summed E-state index contributed by atoms with van der Waals surface area (Å²) < 4.78 is 0. The predicted octanol–water partition coefficient (Wildman–Crippen LogP) is 3.17. The molecule has 1 saturated heterocycles. The van der Waals surface area contributed by atoms with E-state index in [0.717, 1.165) is 17.5 Å².